The maximum absolute atomic E-state index is 13.4. The van der Waals surface area contributed by atoms with Gasteiger partial charge in [0.05, 0.1) is 12.0 Å². The standard InChI is InChI=1S/C15H21FO3/c1-14(2,9-15(3,4)13(17)18)10-19-12-8-6-5-7-11(12)16/h5-8H,9-10H2,1-4H3,(H,17,18). The Bertz CT molecular complexity index is 452. The van der Waals surface area contributed by atoms with Crippen LogP contribution in [0.2, 0.25) is 0 Å². The summed E-state index contributed by atoms with van der Waals surface area (Å²) in [6, 6.07) is 6.20. The van der Waals surface area contributed by atoms with Gasteiger partial charge in [0, 0.05) is 0 Å². The molecule has 1 rings (SSSR count). The van der Waals surface area contributed by atoms with Crippen LogP contribution in [0.25, 0.3) is 0 Å². The first-order chi connectivity index (χ1) is 8.64. The van der Waals surface area contributed by atoms with E-state index in [1.165, 1.54) is 6.07 Å². The number of ether oxygens (including phenoxy) is 1. The number of aliphatic carboxylic acids is 1. The molecule has 0 aromatic heterocycles. The Labute approximate surface area is 113 Å². The molecule has 106 valence electrons. The smallest absolute Gasteiger partial charge is 0.309 e. The summed E-state index contributed by atoms with van der Waals surface area (Å²) in [5.74, 6) is -1.05. The molecule has 0 amide bonds. The van der Waals surface area contributed by atoms with Crippen molar-refractivity contribution in [1.29, 1.82) is 0 Å². The molecule has 0 spiro atoms. The van der Waals surface area contributed by atoms with Crippen LogP contribution in [0.1, 0.15) is 34.1 Å². The fourth-order valence-corrected chi connectivity index (χ4v) is 2.16. The number of carboxylic acids is 1. The van der Waals surface area contributed by atoms with E-state index in [9.17, 15) is 9.18 Å². The van der Waals surface area contributed by atoms with Crippen LogP contribution in [0, 0.1) is 16.6 Å². The summed E-state index contributed by atoms with van der Waals surface area (Å²) in [6.45, 7) is 7.46. The molecule has 0 aliphatic heterocycles. The van der Waals surface area contributed by atoms with E-state index in [-0.39, 0.29) is 17.8 Å². The van der Waals surface area contributed by atoms with Crippen molar-refractivity contribution in [3.8, 4) is 5.75 Å². The number of carbonyl (C=O) groups is 1. The minimum absolute atomic E-state index is 0.198. The van der Waals surface area contributed by atoms with Gasteiger partial charge in [-0.1, -0.05) is 26.0 Å². The third-order valence-corrected chi connectivity index (χ3v) is 2.95. The summed E-state index contributed by atoms with van der Waals surface area (Å²) >= 11 is 0. The SMILES string of the molecule is CC(C)(COc1ccccc1F)CC(C)(C)C(=O)O. The summed E-state index contributed by atoms with van der Waals surface area (Å²) in [7, 11) is 0. The molecule has 0 aliphatic rings. The van der Waals surface area contributed by atoms with Crippen molar-refractivity contribution in [2.75, 3.05) is 6.61 Å². The van der Waals surface area contributed by atoms with E-state index in [0.29, 0.717) is 6.42 Å². The zero-order valence-corrected chi connectivity index (χ0v) is 11.9. The summed E-state index contributed by atoms with van der Waals surface area (Å²) < 4.78 is 18.9. The number of hydrogen-bond acceptors (Lipinski definition) is 2. The second-order valence-corrected chi connectivity index (χ2v) is 6.25. The van der Waals surface area contributed by atoms with Crippen molar-refractivity contribution in [1.82, 2.24) is 0 Å². The fraction of sp³-hybridized carbons (Fsp3) is 0.533. The molecular weight excluding hydrogens is 247 g/mol. The van der Waals surface area contributed by atoms with Crippen molar-refractivity contribution in [2.45, 2.75) is 34.1 Å². The molecule has 0 heterocycles. The lowest BCUT2D eigenvalue weighted by atomic mass is 9.75. The van der Waals surface area contributed by atoms with Crippen LogP contribution in [0.3, 0.4) is 0 Å². The predicted octanol–water partition coefficient (Wildman–Crippen LogP) is 3.73. The third-order valence-electron chi connectivity index (χ3n) is 2.95. The highest BCUT2D eigenvalue weighted by Gasteiger charge is 2.35. The van der Waals surface area contributed by atoms with Gasteiger partial charge in [0.2, 0.25) is 0 Å². The highest BCUT2D eigenvalue weighted by molar-refractivity contribution is 5.73. The largest absolute Gasteiger partial charge is 0.490 e. The molecule has 1 N–H and O–H groups in total. The molecule has 0 fully saturated rings. The van der Waals surface area contributed by atoms with Gasteiger partial charge in [-0.15, -0.1) is 0 Å². The molecular formula is C15H21FO3. The van der Waals surface area contributed by atoms with Crippen LogP contribution in [0.5, 0.6) is 5.75 Å². The number of halogens is 1. The van der Waals surface area contributed by atoms with Gasteiger partial charge in [0.1, 0.15) is 0 Å². The zero-order chi connectivity index (χ0) is 14.7. The van der Waals surface area contributed by atoms with Crippen molar-refractivity contribution in [3.63, 3.8) is 0 Å². The lowest BCUT2D eigenvalue weighted by Crippen LogP contribution is -2.33. The predicted molar refractivity (Wildman–Crippen MR) is 71.7 cm³/mol. The Hall–Kier alpha value is -1.58. The maximum atomic E-state index is 13.4. The van der Waals surface area contributed by atoms with E-state index < -0.39 is 17.2 Å². The van der Waals surface area contributed by atoms with E-state index in [4.69, 9.17) is 9.84 Å². The van der Waals surface area contributed by atoms with E-state index in [2.05, 4.69) is 0 Å². The Morgan fingerprint density at radius 3 is 2.37 bits per heavy atom. The van der Waals surface area contributed by atoms with Gasteiger partial charge in [-0.3, -0.25) is 4.79 Å². The van der Waals surface area contributed by atoms with Crippen LogP contribution >= 0.6 is 0 Å². The first kappa shape index (κ1) is 15.5. The normalized spacial score (nSPS) is 12.3. The highest BCUT2D eigenvalue weighted by Crippen LogP contribution is 2.34. The second kappa shape index (κ2) is 5.59. The van der Waals surface area contributed by atoms with Crippen LogP contribution in [-0.2, 0) is 4.79 Å². The monoisotopic (exact) mass is 268 g/mol. The van der Waals surface area contributed by atoms with Gasteiger partial charge in [0.25, 0.3) is 0 Å². The third kappa shape index (κ3) is 4.54. The van der Waals surface area contributed by atoms with Gasteiger partial charge in [-0.05, 0) is 37.8 Å². The van der Waals surface area contributed by atoms with Crippen LogP contribution in [0.15, 0.2) is 24.3 Å². The van der Waals surface area contributed by atoms with Gasteiger partial charge < -0.3 is 9.84 Å². The molecule has 0 saturated carbocycles. The number of hydrogen-bond donors (Lipinski definition) is 1. The van der Waals surface area contributed by atoms with Crippen LogP contribution in [-0.4, -0.2) is 17.7 Å². The molecule has 0 aliphatic carbocycles. The zero-order valence-electron chi connectivity index (χ0n) is 11.9. The summed E-state index contributed by atoms with van der Waals surface area (Å²) in [4.78, 5) is 11.1. The molecule has 1 aromatic carbocycles. The second-order valence-electron chi connectivity index (χ2n) is 6.25. The first-order valence-electron chi connectivity index (χ1n) is 6.25. The quantitative estimate of drug-likeness (QED) is 0.855. The molecule has 0 bridgehead atoms. The molecule has 0 saturated heterocycles. The molecule has 0 radical (unpaired) electrons. The van der Waals surface area contributed by atoms with E-state index in [1.54, 1.807) is 32.0 Å². The summed E-state index contributed by atoms with van der Waals surface area (Å²) in [6.07, 6.45) is 0.448. The van der Waals surface area contributed by atoms with Crippen molar-refractivity contribution >= 4 is 5.97 Å². The highest BCUT2D eigenvalue weighted by atomic mass is 19.1. The van der Waals surface area contributed by atoms with Gasteiger partial charge in [-0.25, -0.2) is 4.39 Å². The Kier molecular flexibility index (Phi) is 4.56. The molecule has 3 nitrogen and oxygen atoms in total. The number of para-hydroxylation sites is 1. The van der Waals surface area contributed by atoms with Crippen molar-refractivity contribution in [2.24, 2.45) is 10.8 Å². The molecule has 0 unspecified atom stereocenters. The number of rotatable bonds is 6. The minimum atomic E-state index is -0.841. The van der Waals surface area contributed by atoms with E-state index in [1.807, 2.05) is 13.8 Å². The topological polar surface area (TPSA) is 46.5 Å². The average molecular weight is 268 g/mol. The molecule has 1 aromatic rings. The minimum Gasteiger partial charge on any atom is -0.490 e. The lowest BCUT2D eigenvalue weighted by Gasteiger charge is -2.31. The Balaban J connectivity index is 2.66. The van der Waals surface area contributed by atoms with E-state index in [0.717, 1.165) is 0 Å². The lowest BCUT2D eigenvalue weighted by molar-refractivity contribution is -0.148. The summed E-state index contributed by atoms with van der Waals surface area (Å²) in [5, 5.41) is 9.13. The fourth-order valence-electron chi connectivity index (χ4n) is 2.16. The van der Waals surface area contributed by atoms with Crippen LogP contribution in [0.4, 0.5) is 4.39 Å². The van der Waals surface area contributed by atoms with Gasteiger partial charge in [-0.2, -0.15) is 0 Å². The Morgan fingerprint density at radius 2 is 1.84 bits per heavy atom. The summed E-state index contributed by atoms with van der Waals surface area (Å²) in [5.41, 5.74) is -1.19. The van der Waals surface area contributed by atoms with Crippen LogP contribution < -0.4 is 4.74 Å². The molecule has 0 atom stereocenters. The van der Waals surface area contributed by atoms with Gasteiger partial charge in [0.15, 0.2) is 11.6 Å². The Morgan fingerprint density at radius 1 is 1.26 bits per heavy atom. The van der Waals surface area contributed by atoms with E-state index >= 15 is 0 Å². The number of carboxylic acid groups (broad SMARTS) is 1. The van der Waals surface area contributed by atoms with Gasteiger partial charge >= 0.3 is 5.97 Å². The molecule has 4 heteroatoms. The average Bonchev–Trinajstić information content (AvgIpc) is 2.26. The first-order valence-corrected chi connectivity index (χ1v) is 6.25. The molecule has 19 heavy (non-hydrogen) atoms. The van der Waals surface area contributed by atoms with Crippen molar-refractivity contribution < 1.29 is 19.0 Å². The van der Waals surface area contributed by atoms with Crippen molar-refractivity contribution in [3.05, 3.63) is 30.1 Å². The number of benzene rings is 1. The maximum Gasteiger partial charge on any atom is 0.309 e.